The summed E-state index contributed by atoms with van der Waals surface area (Å²) in [4.78, 5) is 39.1. The van der Waals surface area contributed by atoms with E-state index in [-0.39, 0.29) is 17.3 Å². The first-order chi connectivity index (χ1) is 12.5. The van der Waals surface area contributed by atoms with Gasteiger partial charge >= 0.3 is 12.1 Å². The van der Waals surface area contributed by atoms with Gasteiger partial charge in [0.05, 0.1) is 17.9 Å². The van der Waals surface area contributed by atoms with Gasteiger partial charge in [-0.2, -0.15) is 0 Å². The predicted octanol–water partition coefficient (Wildman–Crippen LogP) is 3.10. The maximum Gasteiger partial charge on any atom is 0.411 e. The fraction of sp³-hybridized carbons (Fsp3) is 0.176. The van der Waals surface area contributed by atoms with Gasteiger partial charge in [0.1, 0.15) is 0 Å². The van der Waals surface area contributed by atoms with Crippen molar-refractivity contribution >= 4 is 40.9 Å². The SMILES string of the molecule is CCOC(=O)Nc1cccc(C(=O)OCC(=O)Nc2cccnc2Cl)c1. The molecule has 0 saturated heterocycles. The minimum atomic E-state index is -0.718. The van der Waals surface area contributed by atoms with Crippen LogP contribution in [0.3, 0.4) is 0 Å². The molecule has 0 fully saturated rings. The molecule has 0 spiro atoms. The van der Waals surface area contributed by atoms with Gasteiger partial charge in [0, 0.05) is 11.9 Å². The van der Waals surface area contributed by atoms with Crippen LogP contribution >= 0.6 is 11.6 Å². The Labute approximate surface area is 154 Å². The minimum absolute atomic E-state index is 0.130. The lowest BCUT2D eigenvalue weighted by Crippen LogP contribution is -2.21. The molecule has 26 heavy (non-hydrogen) atoms. The Bertz CT molecular complexity index is 812. The maximum absolute atomic E-state index is 12.0. The molecule has 0 radical (unpaired) electrons. The lowest BCUT2D eigenvalue weighted by molar-refractivity contribution is -0.119. The van der Waals surface area contributed by atoms with Gasteiger partial charge in [-0.3, -0.25) is 10.1 Å². The molecule has 2 aromatic rings. The molecular formula is C17H16ClN3O5. The normalized spacial score (nSPS) is 9.92. The monoisotopic (exact) mass is 377 g/mol. The van der Waals surface area contributed by atoms with E-state index in [4.69, 9.17) is 21.1 Å². The Morgan fingerprint density at radius 2 is 1.92 bits per heavy atom. The second-order valence-electron chi connectivity index (χ2n) is 4.89. The van der Waals surface area contributed by atoms with E-state index < -0.39 is 24.6 Å². The van der Waals surface area contributed by atoms with Crippen molar-refractivity contribution in [2.24, 2.45) is 0 Å². The summed E-state index contributed by atoms with van der Waals surface area (Å²) in [6, 6.07) is 9.23. The van der Waals surface area contributed by atoms with E-state index in [1.165, 1.54) is 18.3 Å². The fourth-order valence-electron chi connectivity index (χ4n) is 1.89. The molecule has 1 aromatic carbocycles. The predicted molar refractivity (Wildman–Crippen MR) is 95.2 cm³/mol. The van der Waals surface area contributed by atoms with Crippen LogP contribution in [0.1, 0.15) is 17.3 Å². The van der Waals surface area contributed by atoms with Crippen LogP contribution in [0.25, 0.3) is 0 Å². The highest BCUT2D eigenvalue weighted by atomic mass is 35.5. The minimum Gasteiger partial charge on any atom is -0.452 e. The van der Waals surface area contributed by atoms with Crippen molar-refractivity contribution in [1.29, 1.82) is 0 Å². The van der Waals surface area contributed by atoms with Gasteiger partial charge in [-0.25, -0.2) is 14.6 Å². The van der Waals surface area contributed by atoms with Crippen LogP contribution < -0.4 is 10.6 Å². The number of ether oxygens (including phenoxy) is 2. The molecule has 0 aliphatic rings. The smallest absolute Gasteiger partial charge is 0.411 e. The Morgan fingerprint density at radius 3 is 2.65 bits per heavy atom. The summed E-state index contributed by atoms with van der Waals surface area (Å²) in [5.74, 6) is -1.28. The topological polar surface area (TPSA) is 107 Å². The van der Waals surface area contributed by atoms with Crippen LogP contribution in [0, 0.1) is 0 Å². The molecule has 0 unspecified atom stereocenters. The fourth-order valence-corrected chi connectivity index (χ4v) is 2.06. The van der Waals surface area contributed by atoms with E-state index in [9.17, 15) is 14.4 Å². The highest BCUT2D eigenvalue weighted by Crippen LogP contribution is 2.17. The molecule has 1 heterocycles. The van der Waals surface area contributed by atoms with Gasteiger partial charge in [0.15, 0.2) is 11.8 Å². The number of halogens is 1. The zero-order chi connectivity index (χ0) is 18.9. The van der Waals surface area contributed by atoms with E-state index >= 15 is 0 Å². The summed E-state index contributed by atoms with van der Waals surface area (Å²) in [5, 5.41) is 5.09. The van der Waals surface area contributed by atoms with E-state index in [1.807, 2.05) is 0 Å². The number of hydrogen-bond acceptors (Lipinski definition) is 6. The average molecular weight is 378 g/mol. The number of hydrogen-bond donors (Lipinski definition) is 2. The molecule has 1 aromatic heterocycles. The number of pyridine rings is 1. The van der Waals surface area contributed by atoms with E-state index in [0.29, 0.717) is 11.4 Å². The summed E-state index contributed by atoms with van der Waals surface area (Å²) < 4.78 is 9.71. The Morgan fingerprint density at radius 1 is 1.12 bits per heavy atom. The largest absolute Gasteiger partial charge is 0.452 e. The molecule has 0 aliphatic carbocycles. The third-order valence-corrected chi connectivity index (χ3v) is 3.29. The molecule has 0 bridgehead atoms. The average Bonchev–Trinajstić information content (AvgIpc) is 2.62. The molecule has 2 amide bonds. The Balaban J connectivity index is 1.90. The second kappa shape index (κ2) is 9.38. The number of esters is 1. The first kappa shape index (κ1) is 19.2. The van der Waals surface area contributed by atoms with Crippen LogP contribution in [-0.4, -0.2) is 36.2 Å². The number of anilines is 2. The highest BCUT2D eigenvalue weighted by molar-refractivity contribution is 6.32. The third-order valence-electron chi connectivity index (χ3n) is 2.99. The molecule has 0 saturated carbocycles. The quantitative estimate of drug-likeness (QED) is 0.591. The van der Waals surface area contributed by atoms with Crippen molar-refractivity contribution in [3.63, 3.8) is 0 Å². The number of rotatable bonds is 6. The van der Waals surface area contributed by atoms with Gasteiger partial charge < -0.3 is 14.8 Å². The zero-order valence-corrected chi connectivity index (χ0v) is 14.6. The van der Waals surface area contributed by atoms with Gasteiger partial charge in [-0.15, -0.1) is 0 Å². The second-order valence-corrected chi connectivity index (χ2v) is 5.25. The number of benzene rings is 1. The summed E-state index contributed by atoms with van der Waals surface area (Å²) >= 11 is 5.83. The number of carbonyl (C=O) groups is 3. The van der Waals surface area contributed by atoms with E-state index in [2.05, 4.69) is 15.6 Å². The molecule has 2 rings (SSSR count). The first-order valence-corrected chi connectivity index (χ1v) is 7.98. The van der Waals surface area contributed by atoms with Crippen molar-refractivity contribution in [2.75, 3.05) is 23.8 Å². The highest BCUT2D eigenvalue weighted by Gasteiger charge is 2.13. The Hall–Kier alpha value is -3.13. The van der Waals surface area contributed by atoms with Crippen molar-refractivity contribution in [2.45, 2.75) is 6.92 Å². The lowest BCUT2D eigenvalue weighted by atomic mass is 10.2. The van der Waals surface area contributed by atoms with Crippen molar-refractivity contribution in [3.05, 3.63) is 53.3 Å². The van der Waals surface area contributed by atoms with Crippen molar-refractivity contribution in [3.8, 4) is 0 Å². The summed E-state index contributed by atoms with van der Waals surface area (Å²) in [6.07, 6.45) is 0.848. The standard InChI is InChI=1S/C17H16ClN3O5/c1-2-25-17(24)20-12-6-3-5-11(9-12)16(23)26-10-14(22)21-13-7-4-8-19-15(13)18/h3-9H,2,10H2,1H3,(H,20,24)(H,21,22). The van der Waals surface area contributed by atoms with E-state index in [1.54, 1.807) is 31.2 Å². The first-order valence-electron chi connectivity index (χ1n) is 7.61. The number of nitrogens with zero attached hydrogens (tertiary/aromatic N) is 1. The molecule has 0 atom stereocenters. The molecular weight excluding hydrogens is 362 g/mol. The van der Waals surface area contributed by atoms with Crippen LogP contribution in [0.4, 0.5) is 16.2 Å². The summed E-state index contributed by atoms with van der Waals surface area (Å²) in [5.41, 5.74) is 0.854. The zero-order valence-electron chi connectivity index (χ0n) is 13.8. The molecule has 136 valence electrons. The maximum atomic E-state index is 12.0. The number of carbonyl (C=O) groups excluding carboxylic acids is 3. The van der Waals surface area contributed by atoms with Crippen LogP contribution in [0.2, 0.25) is 5.15 Å². The Kier molecular flexibility index (Phi) is 6.92. The summed E-state index contributed by atoms with van der Waals surface area (Å²) in [6.45, 7) is 1.40. The van der Waals surface area contributed by atoms with Crippen molar-refractivity contribution in [1.82, 2.24) is 4.98 Å². The molecule has 8 nitrogen and oxygen atoms in total. The lowest BCUT2D eigenvalue weighted by Gasteiger charge is -2.09. The van der Waals surface area contributed by atoms with Gasteiger partial charge in [-0.05, 0) is 37.3 Å². The molecule has 2 N–H and O–H groups in total. The van der Waals surface area contributed by atoms with E-state index in [0.717, 1.165) is 0 Å². The molecule has 9 heteroatoms. The van der Waals surface area contributed by atoms with Crippen molar-refractivity contribution < 1.29 is 23.9 Å². The van der Waals surface area contributed by atoms with Crippen LogP contribution in [0.5, 0.6) is 0 Å². The number of aromatic nitrogens is 1. The van der Waals surface area contributed by atoms with Crippen LogP contribution in [-0.2, 0) is 14.3 Å². The summed E-state index contributed by atoms with van der Waals surface area (Å²) in [7, 11) is 0. The van der Waals surface area contributed by atoms with Crippen LogP contribution in [0.15, 0.2) is 42.6 Å². The molecule has 0 aliphatic heterocycles. The van der Waals surface area contributed by atoms with Gasteiger partial charge in [0.2, 0.25) is 0 Å². The van der Waals surface area contributed by atoms with Gasteiger partial charge in [-0.1, -0.05) is 17.7 Å². The van der Waals surface area contributed by atoms with Gasteiger partial charge in [0.25, 0.3) is 5.91 Å². The third kappa shape index (κ3) is 5.75. The number of nitrogens with one attached hydrogen (secondary N) is 2. The number of amides is 2.